The topological polar surface area (TPSA) is 0 Å². The molecule has 0 bridgehead atoms. The monoisotopic (exact) mass is 288 g/mol. The van der Waals surface area contributed by atoms with Crippen LogP contribution in [0.25, 0.3) is 5.57 Å². The van der Waals surface area contributed by atoms with Crippen LogP contribution < -0.4 is 0 Å². The molecule has 0 aromatic heterocycles. The molecule has 2 unspecified atom stereocenters. The first-order valence-electron chi connectivity index (χ1n) is 8.10. The van der Waals surface area contributed by atoms with E-state index in [0.29, 0.717) is 5.41 Å². The minimum Gasteiger partial charge on any atom is -0.0912 e. The van der Waals surface area contributed by atoms with Gasteiger partial charge in [-0.1, -0.05) is 87.2 Å². The average Bonchev–Trinajstić information content (AvgIpc) is 3.17. The molecule has 0 saturated heterocycles. The summed E-state index contributed by atoms with van der Waals surface area (Å²) in [6.07, 6.45) is 6.67. The molecule has 0 spiro atoms. The minimum atomic E-state index is 0.390. The largest absolute Gasteiger partial charge is 0.0912 e. The van der Waals surface area contributed by atoms with Gasteiger partial charge in [-0.05, 0) is 46.4 Å². The van der Waals surface area contributed by atoms with Crippen molar-refractivity contribution in [1.82, 2.24) is 0 Å². The molecule has 2 atom stereocenters. The third-order valence-corrected chi connectivity index (χ3v) is 5.09. The van der Waals surface area contributed by atoms with Crippen LogP contribution in [-0.4, -0.2) is 0 Å². The molecule has 0 radical (unpaired) electrons. The van der Waals surface area contributed by atoms with Crippen LogP contribution in [0.2, 0.25) is 0 Å². The van der Waals surface area contributed by atoms with Crippen molar-refractivity contribution in [2.24, 2.45) is 5.92 Å². The van der Waals surface area contributed by atoms with Gasteiger partial charge in [-0.25, -0.2) is 0 Å². The van der Waals surface area contributed by atoms with Crippen LogP contribution in [-0.2, 0) is 11.8 Å². The van der Waals surface area contributed by atoms with Gasteiger partial charge in [0, 0.05) is 0 Å². The number of rotatable bonds is 5. The Hall–Kier alpha value is -2.08. The zero-order valence-electron chi connectivity index (χ0n) is 13.5. The highest BCUT2D eigenvalue weighted by atomic mass is 14.5. The third-order valence-electron chi connectivity index (χ3n) is 5.09. The van der Waals surface area contributed by atoms with Gasteiger partial charge in [-0.15, -0.1) is 0 Å². The van der Waals surface area contributed by atoms with Crippen LogP contribution >= 0.6 is 0 Å². The zero-order valence-corrected chi connectivity index (χ0v) is 13.5. The summed E-state index contributed by atoms with van der Waals surface area (Å²) < 4.78 is 0. The Morgan fingerprint density at radius 1 is 1.14 bits per heavy atom. The number of hydrogen-bond acceptors (Lipinski definition) is 0. The van der Waals surface area contributed by atoms with Gasteiger partial charge in [0.05, 0.1) is 0 Å². The van der Waals surface area contributed by atoms with E-state index in [0.717, 1.165) is 17.9 Å². The predicted octanol–water partition coefficient (Wildman–Crippen LogP) is 5.80. The first kappa shape index (κ1) is 14.8. The van der Waals surface area contributed by atoms with E-state index in [-0.39, 0.29) is 0 Å². The Labute approximate surface area is 134 Å². The van der Waals surface area contributed by atoms with E-state index < -0.39 is 0 Å². The van der Waals surface area contributed by atoms with E-state index in [4.69, 9.17) is 0 Å². The van der Waals surface area contributed by atoms with Crippen molar-refractivity contribution in [3.05, 3.63) is 90.0 Å². The SMILES string of the molecule is C=C(/C=C\Cc1ccccc1C1(C)CC1C)c1ccccc1. The van der Waals surface area contributed by atoms with Crippen LogP contribution in [0.3, 0.4) is 0 Å². The van der Waals surface area contributed by atoms with Gasteiger partial charge in [0.1, 0.15) is 0 Å². The lowest BCUT2D eigenvalue weighted by Crippen LogP contribution is -2.06. The van der Waals surface area contributed by atoms with Crippen LogP contribution in [0.15, 0.2) is 73.3 Å². The van der Waals surface area contributed by atoms with Crippen LogP contribution in [0, 0.1) is 5.92 Å². The van der Waals surface area contributed by atoms with Crippen LogP contribution in [0.1, 0.15) is 37.0 Å². The Morgan fingerprint density at radius 2 is 1.77 bits per heavy atom. The van der Waals surface area contributed by atoms with Gasteiger partial charge >= 0.3 is 0 Å². The Morgan fingerprint density at radius 3 is 2.45 bits per heavy atom. The summed E-state index contributed by atoms with van der Waals surface area (Å²) in [7, 11) is 0. The maximum atomic E-state index is 4.16. The van der Waals surface area contributed by atoms with E-state index in [9.17, 15) is 0 Å². The summed E-state index contributed by atoms with van der Waals surface area (Å²) >= 11 is 0. The summed E-state index contributed by atoms with van der Waals surface area (Å²) in [5.74, 6) is 0.803. The van der Waals surface area contributed by atoms with Gasteiger partial charge in [0.25, 0.3) is 0 Å². The molecule has 2 aromatic rings. The van der Waals surface area contributed by atoms with Crippen LogP contribution in [0.4, 0.5) is 0 Å². The maximum Gasteiger partial charge on any atom is -0.00437 e. The maximum absolute atomic E-state index is 4.16. The van der Waals surface area contributed by atoms with E-state index in [1.165, 1.54) is 23.1 Å². The molecule has 1 aliphatic carbocycles. The molecule has 0 heterocycles. The quantitative estimate of drug-likeness (QED) is 0.610. The molecular formula is C22H24. The van der Waals surface area contributed by atoms with Crippen molar-refractivity contribution in [1.29, 1.82) is 0 Å². The lowest BCUT2D eigenvalue weighted by atomic mass is 9.89. The average molecular weight is 288 g/mol. The first-order chi connectivity index (χ1) is 10.6. The number of hydrogen-bond donors (Lipinski definition) is 0. The zero-order chi connectivity index (χ0) is 15.6. The molecule has 2 aromatic carbocycles. The molecule has 1 saturated carbocycles. The summed E-state index contributed by atoms with van der Waals surface area (Å²) in [4.78, 5) is 0. The summed E-state index contributed by atoms with van der Waals surface area (Å²) in [5, 5.41) is 0. The smallest absolute Gasteiger partial charge is 0.00437 e. The second-order valence-electron chi connectivity index (χ2n) is 6.68. The number of benzene rings is 2. The highest BCUT2D eigenvalue weighted by molar-refractivity contribution is 5.71. The first-order valence-corrected chi connectivity index (χ1v) is 8.10. The summed E-state index contributed by atoms with van der Waals surface area (Å²) in [6, 6.07) is 19.2. The van der Waals surface area contributed by atoms with Gasteiger partial charge in [-0.2, -0.15) is 0 Å². The lowest BCUT2D eigenvalue weighted by Gasteiger charge is -2.15. The van der Waals surface area contributed by atoms with Crippen molar-refractivity contribution < 1.29 is 0 Å². The standard InChI is InChI=1S/C22H24/c1-17(19-11-5-4-6-12-19)10-9-14-20-13-7-8-15-21(20)22(3)16-18(22)2/h4-13,15,18H,1,14,16H2,2-3H3/b10-9-. The Bertz CT molecular complexity index is 693. The van der Waals surface area contributed by atoms with Gasteiger partial charge in [-0.3, -0.25) is 0 Å². The third kappa shape index (κ3) is 2.92. The van der Waals surface area contributed by atoms with E-state index in [1.54, 1.807) is 0 Å². The number of allylic oxidation sites excluding steroid dienone is 3. The van der Waals surface area contributed by atoms with Gasteiger partial charge in [0.2, 0.25) is 0 Å². The van der Waals surface area contributed by atoms with Crippen molar-refractivity contribution in [3.63, 3.8) is 0 Å². The molecule has 112 valence electrons. The minimum absolute atomic E-state index is 0.390. The fourth-order valence-corrected chi connectivity index (χ4v) is 3.28. The lowest BCUT2D eigenvalue weighted by molar-refractivity contribution is 0.694. The van der Waals surface area contributed by atoms with E-state index in [2.05, 4.69) is 81.1 Å². The highest BCUT2D eigenvalue weighted by Crippen LogP contribution is 2.54. The van der Waals surface area contributed by atoms with Crippen LogP contribution in [0.5, 0.6) is 0 Å². The molecule has 0 N–H and O–H groups in total. The summed E-state index contributed by atoms with van der Waals surface area (Å²) in [6.45, 7) is 8.91. The van der Waals surface area contributed by atoms with E-state index >= 15 is 0 Å². The fraction of sp³-hybridized carbons (Fsp3) is 0.273. The van der Waals surface area contributed by atoms with Gasteiger partial charge in [0.15, 0.2) is 0 Å². The highest BCUT2D eigenvalue weighted by Gasteiger charge is 2.48. The van der Waals surface area contributed by atoms with Crippen molar-refractivity contribution in [2.45, 2.75) is 32.1 Å². The van der Waals surface area contributed by atoms with E-state index in [1.807, 2.05) is 6.07 Å². The molecule has 1 aliphatic rings. The van der Waals surface area contributed by atoms with Crippen molar-refractivity contribution in [3.8, 4) is 0 Å². The Kier molecular flexibility index (Phi) is 4.02. The molecule has 3 rings (SSSR count). The van der Waals surface area contributed by atoms with Crippen molar-refractivity contribution >= 4 is 5.57 Å². The molecule has 0 heteroatoms. The second kappa shape index (κ2) is 5.96. The molecule has 0 nitrogen and oxygen atoms in total. The molecule has 0 aliphatic heterocycles. The molecular weight excluding hydrogens is 264 g/mol. The predicted molar refractivity (Wildman–Crippen MR) is 95.9 cm³/mol. The fourth-order valence-electron chi connectivity index (χ4n) is 3.28. The Balaban J connectivity index is 1.72. The normalized spacial score (nSPS) is 23.6. The molecule has 1 fully saturated rings. The van der Waals surface area contributed by atoms with Gasteiger partial charge < -0.3 is 0 Å². The molecule has 0 amide bonds. The summed E-state index contributed by atoms with van der Waals surface area (Å²) in [5.41, 5.74) is 5.63. The molecule has 22 heavy (non-hydrogen) atoms. The second-order valence-corrected chi connectivity index (χ2v) is 6.68. The van der Waals surface area contributed by atoms with Crippen molar-refractivity contribution in [2.75, 3.05) is 0 Å².